The topological polar surface area (TPSA) is 83.0 Å². The summed E-state index contributed by atoms with van der Waals surface area (Å²) < 4.78 is 5.30. The third-order valence-electron chi connectivity index (χ3n) is 4.93. The number of aliphatic imine (C=N–C) groups is 1. The minimum atomic E-state index is -0.510. The minimum absolute atomic E-state index is 0.0238. The molecule has 154 valence electrons. The van der Waals surface area contributed by atoms with E-state index in [-0.39, 0.29) is 24.5 Å². The van der Waals surface area contributed by atoms with Crippen molar-refractivity contribution in [2.24, 2.45) is 10.9 Å². The Morgan fingerprint density at radius 2 is 1.85 bits per heavy atom. The third-order valence-corrected chi connectivity index (χ3v) is 4.93. The highest BCUT2D eigenvalue weighted by Gasteiger charge is 2.31. The van der Waals surface area contributed by atoms with Gasteiger partial charge >= 0.3 is 5.97 Å². The Morgan fingerprint density at radius 1 is 1.15 bits per heavy atom. The van der Waals surface area contributed by atoms with Gasteiger partial charge < -0.3 is 20.3 Å². The number of hydrogen-bond donors (Lipinski definition) is 2. The van der Waals surface area contributed by atoms with Crippen LogP contribution in [0.25, 0.3) is 0 Å². The largest absolute Gasteiger partial charge is 0.459 e. The smallest absolute Gasteiger partial charge is 0.328 e. The monoisotopic (exact) mass is 380 g/mol. The number of nitrogens with zero attached hydrogens (tertiary/aromatic N) is 2. The highest BCUT2D eigenvalue weighted by Crippen LogP contribution is 2.26. The lowest BCUT2D eigenvalue weighted by atomic mass is 9.88. The van der Waals surface area contributed by atoms with Gasteiger partial charge in [-0.25, -0.2) is 4.99 Å². The number of esters is 1. The van der Waals surface area contributed by atoms with Gasteiger partial charge in [-0.05, 0) is 47.0 Å². The molecule has 2 N–H and O–H groups in total. The van der Waals surface area contributed by atoms with Gasteiger partial charge in [-0.15, -0.1) is 0 Å². The molecule has 27 heavy (non-hydrogen) atoms. The van der Waals surface area contributed by atoms with Gasteiger partial charge in [0.25, 0.3) is 0 Å². The summed E-state index contributed by atoms with van der Waals surface area (Å²) in [7, 11) is 0. The molecule has 1 aliphatic heterocycles. The van der Waals surface area contributed by atoms with Gasteiger partial charge in [0.05, 0.1) is 0 Å². The zero-order chi connectivity index (χ0) is 19.9. The van der Waals surface area contributed by atoms with E-state index in [1.165, 1.54) is 19.3 Å². The van der Waals surface area contributed by atoms with Crippen molar-refractivity contribution in [3.8, 4) is 0 Å². The fourth-order valence-corrected chi connectivity index (χ4v) is 3.72. The molecule has 7 heteroatoms. The molecule has 0 aromatic rings. The van der Waals surface area contributed by atoms with Crippen LogP contribution < -0.4 is 10.6 Å². The summed E-state index contributed by atoms with van der Waals surface area (Å²) in [4.78, 5) is 30.9. The van der Waals surface area contributed by atoms with E-state index < -0.39 is 5.60 Å². The second kappa shape index (κ2) is 9.95. The second-order valence-corrected chi connectivity index (χ2v) is 8.53. The molecule has 0 aromatic heterocycles. The molecule has 0 spiro atoms. The number of rotatable bonds is 5. The first-order valence-corrected chi connectivity index (χ1v) is 10.3. The molecule has 1 heterocycles. The van der Waals surface area contributed by atoms with Crippen molar-refractivity contribution < 1.29 is 14.3 Å². The predicted octanol–water partition coefficient (Wildman–Crippen LogP) is 2.06. The van der Waals surface area contributed by atoms with Crippen LogP contribution in [0.5, 0.6) is 0 Å². The Hall–Kier alpha value is -1.79. The van der Waals surface area contributed by atoms with Crippen LogP contribution in [0.2, 0.25) is 0 Å². The maximum absolute atomic E-state index is 12.7. The minimum Gasteiger partial charge on any atom is -0.459 e. The standard InChI is InChI=1S/C20H36N4O3/c1-5-21-19(22-13-17(25)27-20(2,3)4)23-16-11-12-24(14-16)18(26)15-9-7-6-8-10-15/h15-16H,5-14H2,1-4H3,(H2,21,22,23). The van der Waals surface area contributed by atoms with Gasteiger partial charge in [-0.2, -0.15) is 0 Å². The normalized spacial score (nSPS) is 21.9. The predicted molar refractivity (Wildman–Crippen MR) is 107 cm³/mol. The van der Waals surface area contributed by atoms with Crippen molar-refractivity contribution in [3.05, 3.63) is 0 Å². The maximum atomic E-state index is 12.7. The summed E-state index contributed by atoms with van der Waals surface area (Å²) in [5.41, 5.74) is -0.510. The van der Waals surface area contributed by atoms with Crippen molar-refractivity contribution in [2.45, 2.75) is 77.9 Å². The second-order valence-electron chi connectivity index (χ2n) is 8.53. The van der Waals surface area contributed by atoms with Crippen LogP contribution >= 0.6 is 0 Å². The lowest BCUT2D eigenvalue weighted by Gasteiger charge is -2.26. The molecule has 1 aliphatic carbocycles. The zero-order valence-electron chi connectivity index (χ0n) is 17.3. The summed E-state index contributed by atoms with van der Waals surface area (Å²) in [6.45, 7) is 9.68. The van der Waals surface area contributed by atoms with Crippen LogP contribution in [-0.2, 0) is 14.3 Å². The number of ether oxygens (including phenoxy) is 1. The molecule has 2 rings (SSSR count). The summed E-state index contributed by atoms with van der Waals surface area (Å²) >= 11 is 0. The number of hydrogen-bond acceptors (Lipinski definition) is 4. The number of carbonyl (C=O) groups excluding carboxylic acids is 2. The van der Waals surface area contributed by atoms with Crippen molar-refractivity contribution in [1.29, 1.82) is 0 Å². The number of carbonyl (C=O) groups is 2. The molecule has 1 atom stereocenters. The lowest BCUT2D eigenvalue weighted by molar-refractivity contribution is -0.152. The fourth-order valence-electron chi connectivity index (χ4n) is 3.72. The number of nitrogens with one attached hydrogen (secondary N) is 2. The first-order valence-electron chi connectivity index (χ1n) is 10.3. The highest BCUT2D eigenvalue weighted by molar-refractivity contribution is 5.83. The van der Waals surface area contributed by atoms with Gasteiger partial charge in [0, 0.05) is 31.6 Å². The van der Waals surface area contributed by atoms with Crippen LogP contribution in [-0.4, -0.2) is 60.6 Å². The van der Waals surface area contributed by atoms with E-state index in [1.54, 1.807) is 0 Å². The van der Waals surface area contributed by atoms with E-state index in [0.29, 0.717) is 25.0 Å². The molecular weight excluding hydrogens is 344 g/mol. The molecule has 7 nitrogen and oxygen atoms in total. The molecule has 1 saturated heterocycles. The van der Waals surface area contributed by atoms with E-state index in [4.69, 9.17) is 4.74 Å². The number of guanidine groups is 1. The first kappa shape index (κ1) is 21.5. The van der Waals surface area contributed by atoms with E-state index in [0.717, 1.165) is 25.8 Å². The van der Waals surface area contributed by atoms with Gasteiger partial charge in [-0.3, -0.25) is 9.59 Å². The van der Waals surface area contributed by atoms with Crippen LogP contribution in [0, 0.1) is 5.92 Å². The Kier molecular flexibility index (Phi) is 7.92. The van der Waals surface area contributed by atoms with Crippen LogP contribution in [0.4, 0.5) is 0 Å². The maximum Gasteiger partial charge on any atom is 0.328 e. The molecular formula is C20H36N4O3. The van der Waals surface area contributed by atoms with Gasteiger partial charge in [0.15, 0.2) is 5.96 Å². The molecule has 0 radical (unpaired) electrons. The summed E-state index contributed by atoms with van der Waals surface area (Å²) in [6, 6.07) is 0.161. The van der Waals surface area contributed by atoms with E-state index in [9.17, 15) is 9.59 Å². The Morgan fingerprint density at radius 3 is 2.48 bits per heavy atom. The average Bonchev–Trinajstić information content (AvgIpc) is 3.07. The molecule has 2 aliphatic rings. The van der Waals surface area contributed by atoms with Gasteiger partial charge in [0.1, 0.15) is 12.1 Å². The van der Waals surface area contributed by atoms with E-state index >= 15 is 0 Å². The van der Waals surface area contributed by atoms with Crippen LogP contribution in [0.1, 0.15) is 66.2 Å². The summed E-state index contributed by atoms with van der Waals surface area (Å²) in [5.74, 6) is 0.779. The quantitative estimate of drug-likeness (QED) is 0.433. The van der Waals surface area contributed by atoms with Gasteiger partial charge in [0.2, 0.25) is 5.91 Å². The summed E-state index contributed by atoms with van der Waals surface area (Å²) in [5, 5.41) is 6.52. The lowest BCUT2D eigenvalue weighted by Crippen LogP contribution is -2.46. The molecule has 1 saturated carbocycles. The van der Waals surface area contributed by atoms with E-state index in [2.05, 4.69) is 15.6 Å². The van der Waals surface area contributed by atoms with E-state index in [1.807, 2.05) is 32.6 Å². The van der Waals surface area contributed by atoms with Crippen LogP contribution in [0.3, 0.4) is 0 Å². The third kappa shape index (κ3) is 7.39. The SMILES string of the molecule is CCNC(=NCC(=O)OC(C)(C)C)NC1CCN(C(=O)C2CCCCC2)C1. The van der Waals surface area contributed by atoms with Gasteiger partial charge in [-0.1, -0.05) is 19.3 Å². The Bertz CT molecular complexity index is 536. The summed E-state index contributed by atoms with van der Waals surface area (Å²) in [6.07, 6.45) is 6.58. The van der Waals surface area contributed by atoms with Crippen LogP contribution in [0.15, 0.2) is 4.99 Å². The number of amides is 1. The van der Waals surface area contributed by atoms with Crippen molar-refractivity contribution >= 4 is 17.8 Å². The molecule has 2 fully saturated rings. The Balaban J connectivity index is 1.84. The highest BCUT2D eigenvalue weighted by atomic mass is 16.6. The number of likely N-dealkylation sites (tertiary alicyclic amines) is 1. The van der Waals surface area contributed by atoms with Crippen molar-refractivity contribution in [3.63, 3.8) is 0 Å². The first-order chi connectivity index (χ1) is 12.8. The molecule has 1 unspecified atom stereocenters. The van der Waals surface area contributed by atoms with Crippen molar-refractivity contribution in [1.82, 2.24) is 15.5 Å². The molecule has 0 aromatic carbocycles. The van der Waals surface area contributed by atoms with Crippen molar-refractivity contribution in [2.75, 3.05) is 26.2 Å². The fraction of sp³-hybridized carbons (Fsp3) is 0.850. The molecule has 1 amide bonds. The molecule has 0 bridgehead atoms. The Labute approximate surface area is 163 Å². The zero-order valence-corrected chi connectivity index (χ0v) is 17.3. The average molecular weight is 381 g/mol.